The Morgan fingerprint density at radius 2 is 1.05 bits per heavy atom. The van der Waals surface area contributed by atoms with E-state index in [0.29, 0.717) is 6.61 Å². The molecule has 0 aromatic rings. The summed E-state index contributed by atoms with van der Waals surface area (Å²) in [5, 5.41) is 8.94. The molecule has 1 N–H and O–H groups in total. The van der Waals surface area contributed by atoms with Crippen molar-refractivity contribution in [2.45, 2.75) is 78.1 Å². The lowest BCUT2D eigenvalue weighted by molar-refractivity contribution is -0.910. The number of unbranched alkanes of at least 4 members (excludes halogenated alkanes) is 7. The molecular weight excluding hydrogens is 361 g/mol. The van der Waals surface area contributed by atoms with Gasteiger partial charge in [0.15, 0.2) is 0 Å². The van der Waals surface area contributed by atoms with E-state index in [0.717, 1.165) is 6.42 Å². The van der Waals surface area contributed by atoms with Crippen molar-refractivity contribution in [1.29, 1.82) is 0 Å². The van der Waals surface area contributed by atoms with Gasteiger partial charge in [-0.1, -0.05) is 39.5 Å². The summed E-state index contributed by atoms with van der Waals surface area (Å²) < 4.78 is 1.23. The molecule has 2 nitrogen and oxygen atoms in total. The number of aliphatic hydroxyl groups excluding tert-OH is 1. The molecule has 0 aliphatic heterocycles. The van der Waals surface area contributed by atoms with Gasteiger partial charge in [0.25, 0.3) is 0 Å². The molecule has 0 saturated heterocycles. The minimum absolute atomic E-state index is 0. The highest BCUT2D eigenvalue weighted by molar-refractivity contribution is 4.48. The Morgan fingerprint density at radius 3 is 1.55 bits per heavy atom. The number of aliphatic hydroxyl groups is 1. The van der Waals surface area contributed by atoms with Gasteiger partial charge in [0, 0.05) is 6.61 Å². The van der Waals surface area contributed by atoms with Crippen LogP contribution in [0.4, 0.5) is 0 Å². The van der Waals surface area contributed by atoms with Gasteiger partial charge in [-0.15, -0.1) is 0 Å². The van der Waals surface area contributed by atoms with Gasteiger partial charge in [0.2, 0.25) is 0 Å². The molecule has 0 fully saturated rings. The fraction of sp³-hybridized carbons (Fsp3) is 1.00. The number of quaternary nitrogens is 1. The van der Waals surface area contributed by atoms with E-state index < -0.39 is 0 Å². The van der Waals surface area contributed by atoms with Crippen molar-refractivity contribution in [1.82, 2.24) is 0 Å². The van der Waals surface area contributed by atoms with E-state index in [1.165, 1.54) is 81.9 Å². The molecule has 0 heterocycles. The van der Waals surface area contributed by atoms with E-state index >= 15 is 0 Å². The summed E-state index contributed by atoms with van der Waals surface area (Å²) in [4.78, 5) is 0. The number of hydrogen-bond acceptors (Lipinski definition) is 1. The van der Waals surface area contributed by atoms with Crippen molar-refractivity contribution in [3.63, 3.8) is 0 Å². The molecule has 124 valence electrons. The van der Waals surface area contributed by atoms with Crippen LogP contribution < -0.4 is 24.0 Å². The van der Waals surface area contributed by atoms with Gasteiger partial charge in [-0.3, -0.25) is 0 Å². The average Bonchev–Trinajstić information content (AvgIpc) is 2.39. The molecule has 0 aromatic carbocycles. The average molecular weight is 399 g/mol. The van der Waals surface area contributed by atoms with Crippen LogP contribution in [-0.2, 0) is 0 Å². The smallest absolute Gasteiger partial charge is 0.0785 e. The summed E-state index contributed by atoms with van der Waals surface area (Å²) in [7, 11) is 2.42. The van der Waals surface area contributed by atoms with Crippen LogP contribution >= 0.6 is 0 Å². The van der Waals surface area contributed by atoms with Crippen molar-refractivity contribution in [3.05, 3.63) is 0 Å². The van der Waals surface area contributed by atoms with E-state index in [-0.39, 0.29) is 24.0 Å². The van der Waals surface area contributed by atoms with Crippen LogP contribution in [-0.4, -0.2) is 42.9 Å². The molecule has 0 spiro atoms. The highest BCUT2D eigenvalue weighted by Gasteiger charge is 2.19. The van der Waals surface area contributed by atoms with Gasteiger partial charge in [-0.25, -0.2) is 0 Å². The van der Waals surface area contributed by atoms with E-state index in [2.05, 4.69) is 20.9 Å². The highest BCUT2D eigenvalue weighted by atomic mass is 127. The molecule has 0 aromatic heterocycles. The quantitative estimate of drug-likeness (QED) is 0.266. The first-order valence-corrected chi connectivity index (χ1v) is 8.63. The lowest BCUT2D eigenvalue weighted by Crippen LogP contribution is -3.00. The zero-order valence-electron chi connectivity index (χ0n) is 14.2. The van der Waals surface area contributed by atoms with Crippen LogP contribution in [0, 0.1) is 0 Å². The maximum Gasteiger partial charge on any atom is 0.0785 e. The van der Waals surface area contributed by atoms with Gasteiger partial charge in [0.05, 0.1) is 26.7 Å². The summed E-state index contributed by atoms with van der Waals surface area (Å²) >= 11 is 0. The monoisotopic (exact) mass is 399 g/mol. The third kappa shape index (κ3) is 13.6. The van der Waals surface area contributed by atoms with Crippen molar-refractivity contribution in [2.24, 2.45) is 0 Å². The van der Waals surface area contributed by atoms with Gasteiger partial charge in [-0.05, 0) is 38.5 Å². The Kier molecular flexibility index (Phi) is 18.4. The molecule has 3 heteroatoms. The Balaban J connectivity index is 0. The molecule has 0 saturated carbocycles. The Hall–Kier alpha value is 0.650. The van der Waals surface area contributed by atoms with Crippen LogP contribution in [0.2, 0.25) is 0 Å². The molecule has 0 radical (unpaired) electrons. The molecule has 20 heavy (non-hydrogen) atoms. The maximum atomic E-state index is 8.94. The largest absolute Gasteiger partial charge is 1.00 e. The Bertz CT molecular complexity index is 178. The normalized spacial score (nSPS) is 13.8. The molecular formula is C17H38INO. The molecule has 0 rings (SSSR count). The first-order chi connectivity index (χ1) is 9.18. The van der Waals surface area contributed by atoms with Crippen LogP contribution in [0.15, 0.2) is 0 Å². The van der Waals surface area contributed by atoms with Crippen molar-refractivity contribution < 1.29 is 33.6 Å². The van der Waals surface area contributed by atoms with E-state index in [1.807, 2.05) is 0 Å². The summed E-state index contributed by atoms with van der Waals surface area (Å²) in [6.45, 7) is 8.82. The second kappa shape index (κ2) is 16.0. The third-order valence-corrected chi connectivity index (χ3v) is 4.21. The maximum absolute atomic E-state index is 8.94. The number of halogens is 1. The van der Waals surface area contributed by atoms with Gasteiger partial charge >= 0.3 is 0 Å². The van der Waals surface area contributed by atoms with E-state index in [1.54, 1.807) is 0 Å². The fourth-order valence-electron chi connectivity index (χ4n) is 2.78. The van der Waals surface area contributed by atoms with E-state index in [9.17, 15) is 0 Å². The molecule has 0 bridgehead atoms. The lowest BCUT2D eigenvalue weighted by Gasteiger charge is -2.35. The molecule has 0 aliphatic rings. The van der Waals surface area contributed by atoms with Crippen molar-refractivity contribution in [2.75, 3.05) is 33.3 Å². The first kappa shape index (κ1) is 22.9. The molecule has 1 atom stereocenters. The van der Waals surface area contributed by atoms with Crippen LogP contribution in [0.3, 0.4) is 0 Å². The third-order valence-electron chi connectivity index (χ3n) is 4.21. The predicted molar refractivity (Wildman–Crippen MR) is 85.4 cm³/mol. The summed E-state index contributed by atoms with van der Waals surface area (Å²) in [6, 6.07) is 0. The lowest BCUT2D eigenvalue weighted by atomic mass is 10.1. The summed E-state index contributed by atoms with van der Waals surface area (Å²) in [6.07, 6.45) is 13.1. The zero-order chi connectivity index (χ0) is 14.4. The number of nitrogens with zero attached hydrogens (tertiary/aromatic N) is 1. The van der Waals surface area contributed by atoms with Crippen LogP contribution in [0.5, 0.6) is 0 Å². The second-order valence-electron chi connectivity index (χ2n) is 6.34. The number of hydrogen-bond donors (Lipinski definition) is 1. The Morgan fingerprint density at radius 1 is 0.650 bits per heavy atom. The minimum atomic E-state index is 0. The van der Waals surface area contributed by atoms with Gasteiger partial charge < -0.3 is 33.6 Å². The van der Waals surface area contributed by atoms with Crippen LogP contribution in [0.25, 0.3) is 0 Å². The molecule has 0 amide bonds. The fourth-order valence-corrected chi connectivity index (χ4v) is 2.78. The Labute approximate surface area is 144 Å². The first-order valence-electron chi connectivity index (χ1n) is 8.63. The van der Waals surface area contributed by atoms with Gasteiger partial charge in [0.1, 0.15) is 0 Å². The standard InChI is InChI=1S/C17H38NO.HI/c1-4-6-8-9-11-15-18(3,14-10-7-5-2)16-12-13-17-19;/h19H,4-17H2,1-3H3;1H/q+1;/p-1. The number of rotatable bonds is 14. The van der Waals surface area contributed by atoms with Crippen LogP contribution in [0.1, 0.15) is 78.1 Å². The van der Waals surface area contributed by atoms with Crippen molar-refractivity contribution >= 4 is 0 Å². The topological polar surface area (TPSA) is 20.2 Å². The second-order valence-corrected chi connectivity index (χ2v) is 6.34. The van der Waals surface area contributed by atoms with Crippen molar-refractivity contribution in [3.8, 4) is 0 Å². The summed E-state index contributed by atoms with van der Waals surface area (Å²) in [5.74, 6) is 0. The van der Waals surface area contributed by atoms with E-state index in [4.69, 9.17) is 5.11 Å². The molecule has 0 aliphatic carbocycles. The SMILES string of the molecule is CCCCCCC[N+](C)(CCCCC)CCCCO.[I-]. The minimum Gasteiger partial charge on any atom is -1.00 e. The zero-order valence-corrected chi connectivity index (χ0v) is 16.3. The summed E-state index contributed by atoms with van der Waals surface area (Å²) in [5.41, 5.74) is 0. The van der Waals surface area contributed by atoms with Gasteiger partial charge in [-0.2, -0.15) is 0 Å². The highest BCUT2D eigenvalue weighted by Crippen LogP contribution is 2.13. The molecule has 1 unspecified atom stereocenters. The predicted octanol–water partition coefficient (Wildman–Crippen LogP) is 1.37.